The first-order valence-corrected chi connectivity index (χ1v) is 10.3. The summed E-state index contributed by atoms with van der Waals surface area (Å²) < 4.78 is 0. The van der Waals surface area contributed by atoms with Crippen LogP contribution in [-0.2, 0) is 4.79 Å². The Bertz CT molecular complexity index is 785. The minimum Gasteiger partial charge on any atom is -0.333 e. The van der Waals surface area contributed by atoms with Crippen LogP contribution < -0.4 is 10.6 Å². The molecule has 8 heteroatoms. The van der Waals surface area contributed by atoms with Crippen LogP contribution in [0.4, 0.5) is 9.93 Å². The molecule has 1 unspecified atom stereocenters. The van der Waals surface area contributed by atoms with E-state index in [1.54, 1.807) is 4.90 Å². The van der Waals surface area contributed by atoms with Gasteiger partial charge in [0.1, 0.15) is 5.01 Å². The summed E-state index contributed by atoms with van der Waals surface area (Å²) >= 11 is 1.33. The van der Waals surface area contributed by atoms with Gasteiger partial charge in [-0.25, -0.2) is 4.79 Å². The van der Waals surface area contributed by atoms with E-state index in [1.807, 2.05) is 65.0 Å². The maximum absolute atomic E-state index is 12.6. The molecule has 0 fully saturated rings. The van der Waals surface area contributed by atoms with Crippen molar-refractivity contribution in [1.29, 1.82) is 0 Å². The average Bonchev–Trinajstić information content (AvgIpc) is 3.09. The van der Waals surface area contributed by atoms with E-state index < -0.39 is 0 Å². The number of nitrogens with zero attached hydrogens (tertiary/aromatic N) is 3. The number of amides is 3. The highest BCUT2D eigenvalue weighted by molar-refractivity contribution is 7.18. The zero-order valence-electron chi connectivity index (χ0n) is 17.2. The molecule has 1 aromatic heterocycles. The van der Waals surface area contributed by atoms with Crippen LogP contribution in [0.25, 0.3) is 10.6 Å². The lowest BCUT2D eigenvalue weighted by atomic mass is 10.1. The van der Waals surface area contributed by atoms with Gasteiger partial charge in [0.15, 0.2) is 0 Å². The molecular formula is C20H29N5O2S. The van der Waals surface area contributed by atoms with E-state index in [0.717, 1.165) is 17.0 Å². The molecule has 7 nitrogen and oxygen atoms in total. The lowest BCUT2D eigenvalue weighted by Gasteiger charge is -2.32. The van der Waals surface area contributed by atoms with E-state index in [-0.39, 0.29) is 29.9 Å². The van der Waals surface area contributed by atoms with E-state index >= 15 is 0 Å². The van der Waals surface area contributed by atoms with Crippen LogP contribution >= 0.6 is 11.3 Å². The van der Waals surface area contributed by atoms with Gasteiger partial charge in [-0.1, -0.05) is 48.6 Å². The Balaban J connectivity index is 1.94. The summed E-state index contributed by atoms with van der Waals surface area (Å²) in [5.74, 6) is -0.187. The molecule has 3 amide bonds. The molecule has 1 atom stereocenters. The quantitative estimate of drug-likeness (QED) is 0.727. The Kier molecular flexibility index (Phi) is 7.51. The predicted molar refractivity (Wildman–Crippen MR) is 113 cm³/mol. The third-order valence-electron chi connectivity index (χ3n) is 4.14. The topological polar surface area (TPSA) is 87.2 Å². The standard InChI is InChI=1S/C20H29N5O2S/c1-6-14(2)25(19(27)22-20(3,4)5)13-12-16(26)21-18-24-23-17(28-18)15-10-8-7-9-11-15/h7-11,14H,6,12-13H2,1-5H3,(H,22,27)(H,21,24,26). The number of anilines is 1. The predicted octanol–water partition coefficient (Wildman–Crippen LogP) is 4.14. The first kappa shape index (κ1) is 21.8. The van der Waals surface area contributed by atoms with Crippen molar-refractivity contribution in [3.63, 3.8) is 0 Å². The van der Waals surface area contributed by atoms with Gasteiger partial charge in [-0.3, -0.25) is 4.79 Å². The van der Waals surface area contributed by atoms with Gasteiger partial charge in [0.25, 0.3) is 0 Å². The second-order valence-electron chi connectivity index (χ2n) is 7.71. The fourth-order valence-electron chi connectivity index (χ4n) is 2.51. The van der Waals surface area contributed by atoms with E-state index in [9.17, 15) is 9.59 Å². The fourth-order valence-corrected chi connectivity index (χ4v) is 3.28. The third-order valence-corrected chi connectivity index (χ3v) is 5.03. The van der Waals surface area contributed by atoms with Gasteiger partial charge in [0.05, 0.1) is 0 Å². The summed E-state index contributed by atoms with van der Waals surface area (Å²) in [6, 6.07) is 9.58. The first-order chi connectivity index (χ1) is 13.2. The minimum atomic E-state index is -0.328. The SMILES string of the molecule is CCC(C)N(CCC(=O)Nc1nnc(-c2ccccc2)s1)C(=O)NC(C)(C)C. The van der Waals surface area contributed by atoms with E-state index in [4.69, 9.17) is 0 Å². The lowest BCUT2D eigenvalue weighted by Crippen LogP contribution is -2.51. The summed E-state index contributed by atoms with van der Waals surface area (Å²) in [4.78, 5) is 26.6. The number of urea groups is 1. The number of nitrogens with one attached hydrogen (secondary N) is 2. The number of hydrogen-bond acceptors (Lipinski definition) is 5. The van der Waals surface area contributed by atoms with Gasteiger partial charge >= 0.3 is 6.03 Å². The average molecular weight is 404 g/mol. The van der Waals surface area contributed by atoms with Crippen LogP contribution in [0.2, 0.25) is 0 Å². The minimum absolute atomic E-state index is 0.0429. The zero-order valence-corrected chi connectivity index (χ0v) is 18.0. The maximum Gasteiger partial charge on any atom is 0.318 e. The van der Waals surface area contributed by atoms with Crippen LogP contribution in [0.3, 0.4) is 0 Å². The summed E-state index contributed by atoms with van der Waals surface area (Å²) in [5, 5.41) is 15.1. The van der Waals surface area contributed by atoms with Crippen molar-refractivity contribution in [3.05, 3.63) is 30.3 Å². The second kappa shape index (κ2) is 9.64. The molecule has 0 radical (unpaired) electrons. The molecule has 0 spiro atoms. The molecule has 1 aromatic carbocycles. The summed E-state index contributed by atoms with van der Waals surface area (Å²) in [6.07, 6.45) is 1.01. The van der Waals surface area contributed by atoms with Gasteiger partial charge in [-0.05, 0) is 34.1 Å². The molecule has 2 N–H and O–H groups in total. The van der Waals surface area contributed by atoms with E-state index in [1.165, 1.54) is 11.3 Å². The van der Waals surface area contributed by atoms with Crippen molar-refractivity contribution in [2.75, 3.05) is 11.9 Å². The van der Waals surface area contributed by atoms with Crippen LogP contribution in [0.1, 0.15) is 47.5 Å². The number of carbonyl (C=O) groups excluding carboxylic acids is 2. The summed E-state index contributed by atoms with van der Waals surface area (Å²) in [7, 11) is 0. The van der Waals surface area contributed by atoms with Gasteiger partial charge in [0.2, 0.25) is 11.0 Å². The molecule has 0 aliphatic carbocycles. The molecule has 2 aromatic rings. The lowest BCUT2D eigenvalue weighted by molar-refractivity contribution is -0.116. The van der Waals surface area contributed by atoms with Crippen molar-refractivity contribution >= 4 is 28.4 Å². The monoisotopic (exact) mass is 403 g/mol. The summed E-state index contributed by atoms with van der Waals surface area (Å²) in [5.41, 5.74) is 0.633. The number of aromatic nitrogens is 2. The molecular weight excluding hydrogens is 374 g/mol. The van der Waals surface area contributed by atoms with Gasteiger partial charge in [0, 0.05) is 30.1 Å². The molecule has 2 rings (SSSR count). The Morgan fingerprint density at radius 2 is 1.86 bits per heavy atom. The normalized spacial score (nSPS) is 12.3. The number of benzene rings is 1. The molecule has 0 bridgehead atoms. The number of rotatable bonds is 7. The molecule has 0 saturated heterocycles. The van der Waals surface area contributed by atoms with Crippen LogP contribution in [0, 0.1) is 0 Å². The fraction of sp³-hybridized carbons (Fsp3) is 0.500. The van der Waals surface area contributed by atoms with Crippen molar-refractivity contribution in [2.24, 2.45) is 0 Å². The van der Waals surface area contributed by atoms with E-state index in [2.05, 4.69) is 20.8 Å². The Morgan fingerprint density at radius 3 is 2.46 bits per heavy atom. The number of carbonyl (C=O) groups is 2. The molecule has 0 aliphatic rings. The first-order valence-electron chi connectivity index (χ1n) is 9.47. The zero-order chi connectivity index (χ0) is 20.7. The van der Waals surface area contributed by atoms with Crippen molar-refractivity contribution < 1.29 is 9.59 Å². The highest BCUT2D eigenvalue weighted by atomic mass is 32.1. The molecule has 0 saturated carbocycles. The third kappa shape index (κ3) is 6.60. The second-order valence-corrected chi connectivity index (χ2v) is 8.68. The van der Waals surface area contributed by atoms with Gasteiger partial charge in [-0.2, -0.15) is 0 Å². The molecule has 28 heavy (non-hydrogen) atoms. The number of hydrogen-bond donors (Lipinski definition) is 2. The molecule has 152 valence electrons. The molecule has 0 aliphatic heterocycles. The Hall–Kier alpha value is -2.48. The van der Waals surface area contributed by atoms with Crippen molar-refractivity contribution in [2.45, 2.75) is 59.0 Å². The van der Waals surface area contributed by atoms with Crippen LogP contribution in [-0.4, -0.2) is 45.2 Å². The highest BCUT2D eigenvalue weighted by Crippen LogP contribution is 2.25. The Morgan fingerprint density at radius 1 is 1.18 bits per heavy atom. The van der Waals surface area contributed by atoms with Crippen LogP contribution in [0.5, 0.6) is 0 Å². The van der Waals surface area contributed by atoms with Crippen molar-refractivity contribution in [3.8, 4) is 10.6 Å². The van der Waals surface area contributed by atoms with Gasteiger partial charge in [-0.15, -0.1) is 10.2 Å². The summed E-state index contributed by atoms with van der Waals surface area (Å²) in [6.45, 7) is 10.2. The molecule has 1 heterocycles. The van der Waals surface area contributed by atoms with E-state index in [0.29, 0.717) is 11.7 Å². The highest BCUT2D eigenvalue weighted by Gasteiger charge is 2.23. The smallest absolute Gasteiger partial charge is 0.318 e. The van der Waals surface area contributed by atoms with Gasteiger partial charge < -0.3 is 15.5 Å². The Labute approximate surface area is 170 Å². The largest absolute Gasteiger partial charge is 0.333 e. The maximum atomic E-state index is 12.6. The van der Waals surface area contributed by atoms with Crippen LogP contribution in [0.15, 0.2) is 30.3 Å². The van der Waals surface area contributed by atoms with Crippen molar-refractivity contribution in [1.82, 2.24) is 20.4 Å².